The van der Waals surface area contributed by atoms with E-state index in [1.165, 1.54) is 42.7 Å². The van der Waals surface area contributed by atoms with Crippen LogP contribution in [0.2, 0.25) is 0 Å². The van der Waals surface area contributed by atoms with E-state index in [4.69, 9.17) is 5.11 Å². The van der Waals surface area contributed by atoms with Crippen LogP contribution >= 0.6 is 0 Å². The van der Waals surface area contributed by atoms with E-state index in [0.29, 0.717) is 0 Å². The average Bonchev–Trinajstić information content (AvgIpc) is 2.22. The first-order valence-electron chi connectivity index (χ1n) is 5.73. The zero-order chi connectivity index (χ0) is 12.6. The first kappa shape index (κ1) is 22.8. The van der Waals surface area contributed by atoms with E-state index in [1.54, 1.807) is 6.92 Å². The minimum atomic E-state index is -0.745. The Morgan fingerprint density at radius 3 is 1.89 bits per heavy atom. The Hall–Kier alpha value is -0.390. The van der Waals surface area contributed by atoms with Crippen molar-refractivity contribution < 1.29 is 20.9 Å². The Kier molecular flexibility index (Phi) is 16.5. The molecule has 1 rings (SSSR count). The summed E-state index contributed by atoms with van der Waals surface area (Å²) in [6.07, 6.45) is 1.43. The molecule has 5 N–H and O–H groups in total. The number of carbonyl (C=O) groups is 1. The third kappa shape index (κ3) is 13.7. The Bertz CT molecular complexity index is 309. The molecule has 1 aromatic carbocycles. The number of carboxylic acid groups (broad SMARTS) is 1. The molecule has 0 aliphatic carbocycles. The van der Waals surface area contributed by atoms with Gasteiger partial charge in [-0.25, -0.2) is 0 Å². The zero-order valence-electron chi connectivity index (χ0n) is 11.7. The molecule has 0 aliphatic heterocycles. The van der Waals surface area contributed by atoms with Crippen molar-refractivity contribution in [3.63, 3.8) is 0 Å². The van der Waals surface area contributed by atoms with Gasteiger partial charge in [-0.15, -0.1) is 0 Å². The van der Waals surface area contributed by atoms with Crippen LogP contribution in [-0.2, 0) is 11.2 Å². The van der Waals surface area contributed by atoms with Gasteiger partial charge in [-0.05, 0) is 0 Å². The Morgan fingerprint density at radius 1 is 1.22 bits per heavy atom. The fourth-order valence-electron chi connectivity index (χ4n) is 1.20. The van der Waals surface area contributed by atoms with Crippen LogP contribution < -0.4 is 2.81 Å². The molecule has 0 bridgehead atoms. The van der Waals surface area contributed by atoms with Gasteiger partial charge in [0.05, 0.1) is 0 Å². The maximum absolute atomic E-state index is 9.37. The van der Waals surface area contributed by atoms with Gasteiger partial charge in [-0.2, -0.15) is 0 Å². The van der Waals surface area contributed by atoms with Crippen molar-refractivity contribution in [1.29, 1.82) is 0 Å². The molecule has 0 radical (unpaired) electrons. The van der Waals surface area contributed by atoms with Gasteiger partial charge in [0.2, 0.25) is 0 Å². The van der Waals surface area contributed by atoms with Crippen molar-refractivity contribution in [2.24, 2.45) is 5.92 Å². The molecule has 0 atom stereocenters. The van der Waals surface area contributed by atoms with Gasteiger partial charge in [-0.3, -0.25) is 4.79 Å². The number of aliphatic carboxylic acids is 1. The topological polar surface area (TPSA) is 100 Å². The fraction of sp³-hybridized carbons (Fsp3) is 0.462. The molecule has 5 heteroatoms. The van der Waals surface area contributed by atoms with E-state index in [9.17, 15) is 4.79 Å². The van der Waals surface area contributed by atoms with Crippen LogP contribution in [0.15, 0.2) is 24.3 Å². The van der Waals surface area contributed by atoms with Crippen molar-refractivity contribution >= 4 is 36.7 Å². The second kappa shape index (κ2) is 13.1. The van der Waals surface area contributed by atoms with Crippen LogP contribution in [0.25, 0.3) is 0 Å². The van der Waals surface area contributed by atoms with Crippen molar-refractivity contribution in [2.45, 2.75) is 33.6 Å². The predicted octanol–water partition coefficient (Wildman–Crippen LogP) is 0.510. The third-order valence-corrected chi connectivity index (χ3v) is 2.73. The quantitative estimate of drug-likeness (QED) is 0.806. The monoisotopic (exact) mass is 266 g/mol. The molecule has 0 unspecified atom stereocenters. The first-order valence-corrected chi connectivity index (χ1v) is 6.73. The number of rotatable bonds is 3. The number of hydrogen-bond acceptors (Lipinski definition) is 1. The predicted molar refractivity (Wildman–Crippen MR) is 75.5 cm³/mol. The van der Waals surface area contributed by atoms with Crippen molar-refractivity contribution in [2.75, 3.05) is 0 Å². The molecular formula is C13H23NaO4. The van der Waals surface area contributed by atoms with Gasteiger partial charge < -0.3 is 16.1 Å². The largest absolute Gasteiger partial charge is 0.481 e. The normalized spacial score (nSPS) is 8.56. The summed E-state index contributed by atoms with van der Waals surface area (Å²) in [6, 6.07) is 8.98. The molecule has 4 nitrogen and oxygen atoms in total. The average molecular weight is 266 g/mol. The summed E-state index contributed by atoms with van der Waals surface area (Å²) in [6.45, 7) is 6.12. The fourth-order valence-corrected chi connectivity index (χ4v) is 1.53. The van der Waals surface area contributed by atoms with E-state index in [-0.39, 0.29) is 17.4 Å². The van der Waals surface area contributed by atoms with Crippen LogP contribution in [0.5, 0.6) is 0 Å². The van der Waals surface area contributed by atoms with Crippen LogP contribution in [-0.4, -0.2) is 50.0 Å². The van der Waals surface area contributed by atoms with E-state index < -0.39 is 5.97 Å². The number of benzene rings is 1. The molecule has 0 saturated heterocycles. The number of hydrogen-bond donors (Lipinski definition) is 1. The third-order valence-electron chi connectivity index (χ3n) is 2.07. The van der Waals surface area contributed by atoms with Gasteiger partial charge in [-0.1, -0.05) is 6.92 Å². The molecule has 0 spiro atoms. The Morgan fingerprint density at radius 2 is 1.61 bits per heavy atom. The second-order valence-corrected chi connectivity index (χ2v) is 5.49. The van der Waals surface area contributed by atoms with E-state index in [0.717, 1.165) is 5.92 Å². The summed E-state index contributed by atoms with van der Waals surface area (Å²) in [7, 11) is 0. The maximum atomic E-state index is 9.37. The summed E-state index contributed by atoms with van der Waals surface area (Å²) in [5.41, 5.74) is 1.47. The smallest absolute Gasteiger partial charge is 0.303 e. The minimum Gasteiger partial charge on any atom is -0.481 e. The molecule has 0 aromatic heterocycles. The molecule has 0 amide bonds. The molecule has 0 heterocycles. The zero-order valence-corrected chi connectivity index (χ0v) is 13.7. The van der Waals surface area contributed by atoms with Gasteiger partial charge in [0.15, 0.2) is 0 Å². The summed E-state index contributed by atoms with van der Waals surface area (Å²) < 4.78 is 1.48. The van der Waals surface area contributed by atoms with Crippen LogP contribution in [0.3, 0.4) is 0 Å². The molecule has 0 fully saturated rings. The Balaban J connectivity index is -0.000000282. The standard InChI is InChI=1S/C10H13.C3H6O2.Na.2H2O/c1-9(2)8-10-6-4-3-5-7-10;1-2-3(4)5;;;/h4-7,9H,8H2,1-2H3;2H2,1H3,(H,4,5);;2*1H2. The minimum absolute atomic E-state index is 0. The van der Waals surface area contributed by atoms with E-state index in [2.05, 4.69) is 38.1 Å². The summed E-state index contributed by atoms with van der Waals surface area (Å²) in [4.78, 5) is 9.37. The van der Waals surface area contributed by atoms with Crippen LogP contribution in [0.4, 0.5) is 0 Å². The number of carboxylic acids is 1. The Labute approximate surface area is 126 Å². The molecule has 0 aliphatic rings. The second-order valence-electron chi connectivity index (χ2n) is 4.33. The summed E-state index contributed by atoms with van der Waals surface area (Å²) in [5, 5.41) is 7.72. The maximum Gasteiger partial charge on any atom is 0.303 e. The van der Waals surface area contributed by atoms with Crippen molar-refractivity contribution in [3.8, 4) is 0 Å². The first-order chi connectivity index (χ1) is 7.45. The molecule has 18 heavy (non-hydrogen) atoms. The van der Waals surface area contributed by atoms with Crippen molar-refractivity contribution in [1.82, 2.24) is 0 Å². The summed E-state index contributed by atoms with van der Waals surface area (Å²) >= 11 is 1.17. The van der Waals surface area contributed by atoms with Crippen LogP contribution in [0, 0.1) is 5.92 Å². The van der Waals surface area contributed by atoms with Gasteiger partial charge in [0.1, 0.15) is 0 Å². The SMILES string of the molecule is CC(C)Cc1cc[c]([Na])cc1.CCC(=O)O.O.O. The van der Waals surface area contributed by atoms with Crippen molar-refractivity contribution in [3.05, 3.63) is 29.8 Å². The van der Waals surface area contributed by atoms with Gasteiger partial charge in [0, 0.05) is 6.42 Å². The van der Waals surface area contributed by atoms with E-state index in [1.807, 2.05) is 0 Å². The molecule has 1 aromatic rings. The van der Waals surface area contributed by atoms with Gasteiger partial charge in [0.25, 0.3) is 0 Å². The van der Waals surface area contributed by atoms with Crippen LogP contribution in [0.1, 0.15) is 32.8 Å². The molecule has 0 saturated carbocycles. The van der Waals surface area contributed by atoms with E-state index >= 15 is 0 Å². The van der Waals surface area contributed by atoms with Gasteiger partial charge >= 0.3 is 92.7 Å². The molecule has 100 valence electrons. The summed E-state index contributed by atoms with van der Waals surface area (Å²) in [5.74, 6) is 0.0277. The molecular weight excluding hydrogens is 243 g/mol.